The molecule has 3 aromatic rings. The first-order valence-electron chi connectivity index (χ1n) is 11.1. The zero-order valence-electron chi connectivity index (χ0n) is 19.0. The molecule has 180 valence electrons. The van der Waals surface area contributed by atoms with E-state index in [0.29, 0.717) is 18.6 Å². The molecule has 0 spiro atoms. The first-order chi connectivity index (χ1) is 16.4. The molecule has 3 rings (SSSR count). The quantitative estimate of drug-likeness (QED) is 0.412. The first kappa shape index (κ1) is 25.2. The summed E-state index contributed by atoms with van der Waals surface area (Å²) in [4.78, 5) is 27.9. The van der Waals surface area contributed by atoms with Gasteiger partial charge in [0, 0.05) is 6.54 Å². The van der Waals surface area contributed by atoms with Crippen molar-refractivity contribution in [3.05, 3.63) is 90.4 Å². The second-order valence-electron chi connectivity index (χ2n) is 7.75. The largest absolute Gasteiger partial charge is 0.467 e. The Morgan fingerprint density at radius 1 is 0.971 bits per heavy atom. The average molecular weight is 484 g/mol. The highest BCUT2D eigenvalue weighted by Gasteiger charge is 2.30. The first-order valence-corrected chi connectivity index (χ1v) is 12.6. The van der Waals surface area contributed by atoms with Crippen LogP contribution in [-0.4, -0.2) is 37.7 Å². The fraction of sp³-hybridized carbons (Fsp3) is 0.280. The Bertz CT molecular complexity index is 1150. The van der Waals surface area contributed by atoms with Crippen molar-refractivity contribution >= 4 is 21.8 Å². The summed E-state index contributed by atoms with van der Waals surface area (Å²) < 4.78 is 32.9. The third-order valence-electron chi connectivity index (χ3n) is 5.24. The monoisotopic (exact) mass is 483 g/mol. The fourth-order valence-corrected chi connectivity index (χ4v) is 4.50. The van der Waals surface area contributed by atoms with E-state index in [1.807, 2.05) is 37.3 Å². The van der Waals surface area contributed by atoms with Crippen molar-refractivity contribution in [3.63, 3.8) is 0 Å². The molecule has 2 amide bonds. The maximum Gasteiger partial charge on any atom is 0.243 e. The molecule has 9 heteroatoms. The number of furan rings is 1. The molecule has 0 bridgehead atoms. The zero-order valence-corrected chi connectivity index (χ0v) is 19.8. The Balaban J connectivity index is 1.78. The van der Waals surface area contributed by atoms with Crippen LogP contribution in [0.3, 0.4) is 0 Å². The lowest BCUT2D eigenvalue weighted by Gasteiger charge is -2.31. The van der Waals surface area contributed by atoms with Gasteiger partial charge in [0.1, 0.15) is 11.8 Å². The zero-order chi connectivity index (χ0) is 24.4. The van der Waals surface area contributed by atoms with Crippen molar-refractivity contribution in [2.24, 2.45) is 0 Å². The summed E-state index contributed by atoms with van der Waals surface area (Å²) in [5.41, 5.74) is 0.835. The van der Waals surface area contributed by atoms with Gasteiger partial charge in [0.05, 0.1) is 24.2 Å². The highest BCUT2D eigenvalue weighted by atomic mass is 32.2. The SMILES string of the molecule is CCC[C@H](C(=O)NCc1ccco1)N(Cc1ccccc1)C(=O)CNS(=O)(=O)c1ccccc1. The van der Waals surface area contributed by atoms with Crippen molar-refractivity contribution in [1.29, 1.82) is 0 Å². The highest BCUT2D eigenvalue weighted by molar-refractivity contribution is 7.89. The molecule has 8 nitrogen and oxygen atoms in total. The maximum absolute atomic E-state index is 13.3. The van der Waals surface area contributed by atoms with Gasteiger partial charge in [-0.15, -0.1) is 0 Å². The number of carbonyl (C=O) groups excluding carboxylic acids is 2. The molecule has 1 aromatic heterocycles. The molecule has 1 atom stereocenters. The molecule has 0 fully saturated rings. The van der Waals surface area contributed by atoms with E-state index in [1.54, 1.807) is 30.3 Å². The Hall–Kier alpha value is -3.43. The van der Waals surface area contributed by atoms with E-state index in [1.165, 1.54) is 23.3 Å². The predicted molar refractivity (Wildman–Crippen MR) is 128 cm³/mol. The molecule has 0 radical (unpaired) electrons. The number of rotatable bonds is 12. The van der Waals surface area contributed by atoms with E-state index in [-0.39, 0.29) is 23.9 Å². The van der Waals surface area contributed by atoms with Crippen LogP contribution in [0.2, 0.25) is 0 Å². The van der Waals surface area contributed by atoms with E-state index < -0.39 is 28.5 Å². The van der Waals surface area contributed by atoms with Crippen LogP contribution in [0.25, 0.3) is 0 Å². The van der Waals surface area contributed by atoms with Gasteiger partial charge in [0.2, 0.25) is 21.8 Å². The lowest BCUT2D eigenvalue weighted by molar-refractivity contribution is -0.140. The third kappa shape index (κ3) is 7.03. The fourth-order valence-electron chi connectivity index (χ4n) is 3.50. The van der Waals surface area contributed by atoms with Gasteiger partial charge < -0.3 is 14.6 Å². The lowest BCUT2D eigenvalue weighted by Crippen LogP contribution is -2.51. The van der Waals surface area contributed by atoms with Crippen LogP contribution in [0, 0.1) is 0 Å². The molecule has 0 saturated carbocycles. The van der Waals surface area contributed by atoms with Crippen molar-refractivity contribution in [3.8, 4) is 0 Å². The van der Waals surface area contributed by atoms with E-state index in [2.05, 4.69) is 10.0 Å². The van der Waals surface area contributed by atoms with Gasteiger partial charge in [0.25, 0.3) is 0 Å². The van der Waals surface area contributed by atoms with Gasteiger partial charge in [-0.3, -0.25) is 9.59 Å². The summed E-state index contributed by atoms with van der Waals surface area (Å²) in [6, 6.07) is 19.8. The lowest BCUT2D eigenvalue weighted by atomic mass is 10.1. The van der Waals surface area contributed by atoms with E-state index in [9.17, 15) is 18.0 Å². The molecule has 2 aromatic carbocycles. The molecule has 0 aliphatic rings. The Labute approximate surface area is 200 Å². The van der Waals surface area contributed by atoms with E-state index in [0.717, 1.165) is 5.56 Å². The van der Waals surface area contributed by atoms with Crippen LogP contribution < -0.4 is 10.0 Å². The van der Waals surface area contributed by atoms with Gasteiger partial charge in [-0.1, -0.05) is 61.9 Å². The number of nitrogens with one attached hydrogen (secondary N) is 2. The minimum atomic E-state index is -3.87. The van der Waals surface area contributed by atoms with Crippen molar-refractivity contribution in [2.75, 3.05) is 6.54 Å². The molecule has 0 saturated heterocycles. The van der Waals surface area contributed by atoms with Gasteiger partial charge in [-0.2, -0.15) is 0 Å². The van der Waals surface area contributed by atoms with Crippen LogP contribution in [0.4, 0.5) is 0 Å². The molecule has 0 aliphatic heterocycles. The van der Waals surface area contributed by atoms with Gasteiger partial charge in [0.15, 0.2) is 0 Å². The van der Waals surface area contributed by atoms with Crippen LogP contribution in [0.15, 0.2) is 88.4 Å². The molecule has 0 unspecified atom stereocenters. The second kappa shape index (κ2) is 12.2. The molecule has 1 heterocycles. The highest BCUT2D eigenvalue weighted by Crippen LogP contribution is 2.15. The normalized spacial score (nSPS) is 12.1. The number of hydrogen-bond acceptors (Lipinski definition) is 5. The standard InChI is InChI=1S/C25H29N3O5S/c1-2-10-23(25(30)26-17-21-13-9-16-33-21)28(19-20-11-5-3-6-12-20)24(29)18-27-34(31,32)22-14-7-4-8-15-22/h3-9,11-16,23,27H,2,10,17-19H2,1H3,(H,26,30)/t23-/m1/s1. The topological polar surface area (TPSA) is 109 Å². The summed E-state index contributed by atoms with van der Waals surface area (Å²) in [5.74, 6) is -0.219. The molecule has 34 heavy (non-hydrogen) atoms. The van der Waals surface area contributed by atoms with Crippen molar-refractivity contribution < 1.29 is 22.4 Å². The van der Waals surface area contributed by atoms with Crippen LogP contribution in [-0.2, 0) is 32.7 Å². The second-order valence-corrected chi connectivity index (χ2v) is 9.51. The summed E-state index contributed by atoms with van der Waals surface area (Å²) in [5, 5.41) is 2.82. The van der Waals surface area contributed by atoms with E-state index >= 15 is 0 Å². The van der Waals surface area contributed by atoms with Gasteiger partial charge in [-0.05, 0) is 36.2 Å². The number of carbonyl (C=O) groups is 2. The van der Waals surface area contributed by atoms with Crippen LogP contribution >= 0.6 is 0 Å². The van der Waals surface area contributed by atoms with Crippen molar-refractivity contribution in [2.45, 2.75) is 43.8 Å². The number of benzene rings is 2. The minimum Gasteiger partial charge on any atom is -0.467 e. The molecular formula is C25H29N3O5S. The number of amides is 2. The van der Waals surface area contributed by atoms with Crippen LogP contribution in [0.5, 0.6) is 0 Å². The predicted octanol–water partition coefficient (Wildman–Crippen LogP) is 3.07. The Morgan fingerprint density at radius 3 is 2.26 bits per heavy atom. The number of nitrogens with zero attached hydrogens (tertiary/aromatic N) is 1. The maximum atomic E-state index is 13.3. The summed E-state index contributed by atoms with van der Waals surface area (Å²) in [6.07, 6.45) is 2.61. The molecule has 2 N–H and O–H groups in total. The van der Waals surface area contributed by atoms with Gasteiger partial charge in [-0.25, -0.2) is 13.1 Å². The summed E-state index contributed by atoms with van der Waals surface area (Å²) >= 11 is 0. The summed E-state index contributed by atoms with van der Waals surface area (Å²) in [7, 11) is -3.87. The summed E-state index contributed by atoms with van der Waals surface area (Å²) in [6.45, 7) is 1.83. The minimum absolute atomic E-state index is 0.0682. The van der Waals surface area contributed by atoms with Crippen LogP contribution in [0.1, 0.15) is 31.1 Å². The average Bonchev–Trinajstić information content (AvgIpc) is 3.38. The number of hydrogen-bond donors (Lipinski definition) is 2. The molecule has 0 aliphatic carbocycles. The van der Waals surface area contributed by atoms with E-state index in [4.69, 9.17) is 4.42 Å². The number of sulfonamides is 1. The Kier molecular flexibility index (Phi) is 9.00. The van der Waals surface area contributed by atoms with Crippen molar-refractivity contribution in [1.82, 2.24) is 14.9 Å². The molecular weight excluding hydrogens is 454 g/mol. The van der Waals surface area contributed by atoms with Gasteiger partial charge >= 0.3 is 0 Å². The third-order valence-corrected chi connectivity index (χ3v) is 6.66. The Morgan fingerprint density at radius 2 is 1.65 bits per heavy atom. The smallest absolute Gasteiger partial charge is 0.243 e.